The number of methoxy groups -OCH3 is 1. The van der Waals surface area contributed by atoms with Crippen molar-refractivity contribution in [2.75, 3.05) is 18.6 Å². The van der Waals surface area contributed by atoms with Crippen LogP contribution in [0.25, 0.3) is 0 Å². The van der Waals surface area contributed by atoms with E-state index in [0.717, 1.165) is 23.2 Å². The van der Waals surface area contributed by atoms with Gasteiger partial charge < -0.3 is 9.64 Å². The number of ether oxygens (including phenoxy) is 1. The molecule has 0 spiro atoms. The number of benzene rings is 3. The molecule has 1 aliphatic rings. The monoisotopic (exact) mass is 484 g/mol. The summed E-state index contributed by atoms with van der Waals surface area (Å²) in [6, 6.07) is 21.2. The molecule has 3 aromatic carbocycles. The molecule has 0 saturated carbocycles. The number of amides is 1. The van der Waals surface area contributed by atoms with Gasteiger partial charge in [0.25, 0.3) is 0 Å². The Morgan fingerprint density at radius 2 is 1.79 bits per heavy atom. The molecule has 1 atom stereocenters. The first-order valence-corrected chi connectivity index (χ1v) is 12.4. The van der Waals surface area contributed by atoms with E-state index >= 15 is 0 Å². The average molecular weight is 485 g/mol. The summed E-state index contributed by atoms with van der Waals surface area (Å²) in [4.78, 5) is 15.1. The van der Waals surface area contributed by atoms with Gasteiger partial charge in [-0.15, -0.1) is 0 Å². The normalized spacial score (nSPS) is 15.5. The van der Waals surface area contributed by atoms with E-state index in [1.54, 1.807) is 4.90 Å². The second kappa shape index (κ2) is 9.55. The Balaban J connectivity index is 1.68. The first-order valence-electron chi connectivity index (χ1n) is 10.6. The summed E-state index contributed by atoms with van der Waals surface area (Å²) in [6.45, 7) is 1.74. The van der Waals surface area contributed by atoms with Gasteiger partial charge in [0.15, 0.2) is 0 Å². The molecule has 8 heteroatoms. The summed E-state index contributed by atoms with van der Waals surface area (Å²) in [5.74, 6) is 0.107. The van der Waals surface area contributed by atoms with Gasteiger partial charge in [-0.3, -0.25) is 4.79 Å². The number of halogens is 1. The number of fused-ring (bicyclic) bond motifs is 1. The number of carbonyl (C=O) groups is 1. The van der Waals surface area contributed by atoms with E-state index in [-0.39, 0.29) is 35.0 Å². The minimum absolute atomic E-state index is 0.00639. The molecule has 6 nitrogen and oxygen atoms in total. The summed E-state index contributed by atoms with van der Waals surface area (Å²) in [7, 11) is -2.56. The topological polar surface area (TPSA) is 66.9 Å². The molecule has 33 heavy (non-hydrogen) atoms. The van der Waals surface area contributed by atoms with E-state index in [4.69, 9.17) is 16.3 Å². The number of nitrogens with zero attached hydrogens (tertiary/aromatic N) is 2. The third-order valence-electron chi connectivity index (χ3n) is 5.75. The van der Waals surface area contributed by atoms with E-state index in [0.29, 0.717) is 5.75 Å². The molecule has 0 N–H and O–H groups in total. The number of carbonyl (C=O) groups excluding carboxylic acids is 1. The van der Waals surface area contributed by atoms with Gasteiger partial charge in [0, 0.05) is 18.3 Å². The van der Waals surface area contributed by atoms with Crippen LogP contribution in [0.15, 0.2) is 77.7 Å². The summed E-state index contributed by atoms with van der Waals surface area (Å²) in [5.41, 5.74) is 2.70. The molecular formula is C25H25ClN2O4S. The Hall–Kier alpha value is -2.87. The van der Waals surface area contributed by atoms with Crippen molar-refractivity contribution in [1.82, 2.24) is 4.31 Å². The van der Waals surface area contributed by atoms with Crippen molar-refractivity contribution in [2.45, 2.75) is 30.8 Å². The zero-order chi connectivity index (χ0) is 23.6. The van der Waals surface area contributed by atoms with Crippen LogP contribution < -0.4 is 9.64 Å². The predicted molar refractivity (Wildman–Crippen MR) is 129 cm³/mol. The Labute approximate surface area is 199 Å². The maximum Gasteiger partial charge on any atom is 0.243 e. The summed E-state index contributed by atoms with van der Waals surface area (Å²) >= 11 is 6.20. The first-order chi connectivity index (χ1) is 15.8. The number of para-hydroxylation sites is 1. The molecule has 1 amide bonds. The van der Waals surface area contributed by atoms with Crippen LogP contribution in [-0.2, 0) is 27.8 Å². The van der Waals surface area contributed by atoms with Crippen LogP contribution in [0.2, 0.25) is 5.02 Å². The number of anilines is 1. The highest BCUT2D eigenvalue weighted by Gasteiger charge is 2.34. The number of sulfonamides is 1. The fourth-order valence-corrected chi connectivity index (χ4v) is 5.87. The fourth-order valence-electron chi connectivity index (χ4n) is 4.14. The minimum atomic E-state index is -4.02. The molecule has 3 aromatic rings. The number of hydrogen-bond acceptors (Lipinski definition) is 4. The molecule has 172 valence electrons. The maximum absolute atomic E-state index is 13.6. The van der Waals surface area contributed by atoms with E-state index in [9.17, 15) is 13.2 Å². The summed E-state index contributed by atoms with van der Waals surface area (Å²) < 4.78 is 33.6. The van der Waals surface area contributed by atoms with E-state index in [1.165, 1.54) is 29.6 Å². The summed E-state index contributed by atoms with van der Waals surface area (Å²) in [5, 5.41) is 0.187. The lowest BCUT2D eigenvalue weighted by molar-refractivity contribution is -0.119. The van der Waals surface area contributed by atoms with Crippen molar-refractivity contribution < 1.29 is 17.9 Å². The smallest absolute Gasteiger partial charge is 0.243 e. The van der Waals surface area contributed by atoms with Crippen LogP contribution in [-0.4, -0.2) is 38.3 Å². The molecule has 4 rings (SSSR count). The number of rotatable bonds is 7. The lowest BCUT2D eigenvalue weighted by Gasteiger charge is -2.27. The lowest BCUT2D eigenvalue weighted by atomic mass is 10.1. The van der Waals surface area contributed by atoms with Crippen molar-refractivity contribution in [3.05, 3.63) is 88.9 Å². The average Bonchev–Trinajstić information content (AvgIpc) is 3.15. The highest BCUT2D eigenvalue weighted by molar-refractivity contribution is 7.89. The zero-order valence-electron chi connectivity index (χ0n) is 18.4. The molecule has 0 fully saturated rings. The second-order valence-corrected chi connectivity index (χ2v) is 10.3. The molecule has 0 unspecified atom stereocenters. The quantitative estimate of drug-likeness (QED) is 0.494. The predicted octanol–water partition coefficient (Wildman–Crippen LogP) is 4.52. The van der Waals surface area contributed by atoms with Crippen LogP contribution in [0.3, 0.4) is 0 Å². The molecule has 0 aromatic heterocycles. The van der Waals surface area contributed by atoms with Gasteiger partial charge in [-0.25, -0.2) is 8.42 Å². The SMILES string of the molecule is COc1ccc(S(=O)(=O)N(CC(=O)N2c3ccccc3C[C@H]2C)Cc2ccccc2)cc1Cl. The number of hydrogen-bond donors (Lipinski definition) is 0. The van der Waals surface area contributed by atoms with Crippen molar-refractivity contribution in [3.63, 3.8) is 0 Å². The van der Waals surface area contributed by atoms with Crippen molar-refractivity contribution >= 4 is 33.2 Å². The molecule has 0 saturated heterocycles. The van der Waals surface area contributed by atoms with Crippen LogP contribution in [0, 0.1) is 0 Å². The van der Waals surface area contributed by atoms with Crippen molar-refractivity contribution in [1.29, 1.82) is 0 Å². The Morgan fingerprint density at radius 3 is 2.48 bits per heavy atom. The molecule has 0 bridgehead atoms. The Kier molecular flexibility index (Phi) is 6.74. The first kappa shape index (κ1) is 23.3. The molecule has 1 aliphatic heterocycles. The highest BCUT2D eigenvalue weighted by atomic mass is 35.5. The van der Waals surface area contributed by atoms with E-state index in [2.05, 4.69) is 0 Å². The van der Waals surface area contributed by atoms with Gasteiger partial charge in [0.05, 0.1) is 23.6 Å². The minimum Gasteiger partial charge on any atom is -0.495 e. The van der Waals surface area contributed by atoms with Gasteiger partial charge in [0.1, 0.15) is 5.75 Å². The van der Waals surface area contributed by atoms with E-state index < -0.39 is 10.0 Å². The summed E-state index contributed by atoms with van der Waals surface area (Å²) in [6.07, 6.45) is 0.738. The Morgan fingerprint density at radius 1 is 1.09 bits per heavy atom. The van der Waals surface area contributed by atoms with Crippen LogP contribution in [0.5, 0.6) is 5.75 Å². The van der Waals surface area contributed by atoms with Crippen LogP contribution in [0.1, 0.15) is 18.1 Å². The van der Waals surface area contributed by atoms with Crippen molar-refractivity contribution in [3.8, 4) is 5.75 Å². The van der Waals surface area contributed by atoms with Crippen LogP contribution >= 0.6 is 11.6 Å². The standard InChI is InChI=1S/C25H25ClN2O4S/c1-18-14-20-10-6-7-11-23(20)28(18)25(29)17-27(16-19-8-4-3-5-9-19)33(30,31)21-12-13-24(32-2)22(26)15-21/h3-13,15,18H,14,16-17H2,1-2H3/t18-/m1/s1. The van der Waals surface area contributed by atoms with Gasteiger partial charge in [-0.1, -0.05) is 60.1 Å². The third kappa shape index (κ3) is 4.76. The van der Waals surface area contributed by atoms with E-state index in [1.807, 2.05) is 61.5 Å². The van der Waals surface area contributed by atoms with Gasteiger partial charge in [-0.05, 0) is 48.7 Å². The second-order valence-electron chi connectivity index (χ2n) is 8.00. The van der Waals surface area contributed by atoms with Gasteiger partial charge in [-0.2, -0.15) is 4.31 Å². The lowest BCUT2D eigenvalue weighted by Crippen LogP contribution is -2.44. The molecule has 0 radical (unpaired) electrons. The Bertz CT molecular complexity index is 1260. The molecule has 1 heterocycles. The zero-order valence-corrected chi connectivity index (χ0v) is 20.0. The molecule has 0 aliphatic carbocycles. The molecular weight excluding hydrogens is 460 g/mol. The fraction of sp³-hybridized carbons (Fsp3) is 0.240. The van der Waals surface area contributed by atoms with Gasteiger partial charge >= 0.3 is 0 Å². The van der Waals surface area contributed by atoms with Gasteiger partial charge in [0.2, 0.25) is 15.9 Å². The largest absolute Gasteiger partial charge is 0.495 e. The highest BCUT2D eigenvalue weighted by Crippen LogP contribution is 2.33. The maximum atomic E-state index is 13.6. The third-order valence-corrected chi connectivity index (χ3v) is 7.83. The van der Waals surface area contributed by atoms with Crippen molar-refractivity contribution in [2.24, 2.45) is 0 Å². The van der Waals surface area contributed by atoms with Crippen LogP contribution in [0.4, 0.5) is 5.69 Å².